The minimum Gasteiger partial charge on any atom is -0.481 e. The molecule has 0 aromatic carbocycles. The highest BCUT2D eigenvalue weighted by molar-refractivity contribution is 5.66. The zero-order valence-electron chi connectivity index (χ0n) is 18.7. The van der Waals surface area contributed by atoms with Gasteiger partial charge in [0.1, 0.15) is 0 Å². The average Bonchev–Trinajstić information content (AvgIpc) is 3.06. The lowest BCUT2D eigenvalue weighted by Crippen LogP contribution is -2.94. The SMILES string of the molecule is C.CC.CC12C(CCCC(=O)O)CCC1C1CCC3CCCCC34OC3(OOC32O)C14. The minimum absolute atomic E-state index is 0. The van der Waals surface area contributed by atoms with Crippen molar-refractivity contribution in [3.8, 4) is 0 Å². The fraction of sp³-hybridized carbons (Fsp3) is 0.960. The summed E-state index contributed by atoms with van der Waals surface area (Å²) in [6.07, 6.45) is 11.0. The quantitative estimate of drug-likeness (QED) is 0.581. The number of carboxylic acids is 1. The Balaban J connectivity index is 0.000000750. The van der Waals surface area contributed by atoms with Gasteiger partial charge in [0.2, 0.25) is 0 Å². The molecule has 0 aromatic heterocycles. The van der Waals surface area contributed by atoms with Crippen LogP contribution >= 0.6 is 0 Å². The summed E-state index contributed by atoms with van der Waals surface area (Å²) in [6, 6.07) is 0. The number of ether oxygens (including phenoxy) is 1. The molecule has 6 fully saturated rings. The first-order valence-corrected chi connectivity index (χ1v) is 12.4. The summed E-state index contributed by atoms with van der Waals surface area (Å²) in [5.41, 5.74) is -0.546. The van der Waals surface area contributed by atoms with E-state index in [9.17, 15) is 9.90 Å². The molecule has 0 aromatic rings. The Bertz CT molecular complexity index is 712. The van der Waals surface area contributed by atoms with Gasteiger partial charge in [0.25, 0.3) is 11.6 Å². The van der Waals surface area contributed by atoms with Gasteiger partial charge in [0.05, 0.1) is 11.5 Å². The van der Waals surface area contributed by atoms with Gasteiger partial charge in [-0.1, -0.05) is 41.0 Å². The molecule has 2 aliphatic heterocycles. The third kappa shape index (κ3) is 2.57. The standard InChI is InChI=1S/C22H32O6.C2H6.CH4/c1-19-13(6-4-7-17(23)24)9-11-16(19)15-10-8-14-5-2-3-12-20(14)18(15)21(26-20)22(19,25)28-27-21;1-2;/h13-16,18,25H,2-12H2,1H3,(H,23,24);1-2H3;1H4. The third-order valence-electron chi connectivity index (χ3n) is 10.0. The van der Waals surface area contributed by atoms with Crippen LogP contribution in [0.2, 0.25) is 0 Å². The van der Waals surface area contributed by atoms with Crippen LogP contribution in [0.4, 0.5) is 0 Å². The molecule has 2 heterocycles. The number of carbonyl (C=O) groups is 1. The normalized spacial score (nSPS) is 53.0. The molecular formula is C25H42O6. The van der Waals surface area contributed by atoms with Crippen molar-refractivity contribution < 1.29 is 29.5 Å². The lowest BCUT2D eigenvalue weighted by molar-refractivity contribution is -0.748. The minimum atomic E-state index is -1.40. The average molecular weight is 439 g/mol. The first-order chi connectivity index (χ1) is 14.4. The Labute approximate surface area is 186 Å². The second kappa shape index (κ2) is 7.68. The molecule has 4 aliphatic carbocycles. The second-order valence-electron chi connectivity index (χ2n) is 10.6. The van der Waals surface area contributed by atoms with Gasteiger partial charge in [-0.15, -0.1) is 0 Å². The van der Waals surface area contributed by atoms with E-state index in [0.717, 1.165) is 25.7 Å². The van der Waals surface area contributed by atoms with Gasteiger partial charge in [-0.3, -0.25) is 4.79 Å². The predicted octanol–water partition coefficient (Wildman–Crippen LogP) is 5.28. The van der Waals surface area contributed by atoms with Crippen LogP contribution < -0.4 is 0 Å². The van der Waals surface area contributed by atoms with E-state index >= 15 is 0 Å². The number of aliphatic carboxylic acids is 1. The zero-order chi connectivity index (χ0) is 21.4. The van der Waals surface area contributed by atoms with E-state index < -0.39 is 23.0 Å². The highest BCUT2D eigenvalue weighted by Gasteiger charge is 2.92. The molecule has 6 heteroatoms. The highest BCUT2D eigenvalue weighted by atomic mass is 17.3. The molecule has 0 radical (unpaired) electrons. The van der Waals surface area contributed by atoms with Crippen LogP contribution in [0.5, 0.6) is 0 Å². The lowest BCUT2D eigenvalue weighted by Gasteiger charge is -2.80. The van der Waals surface area contributed by atoms with Crippen molar-refractivity contribution in [2.45, 2.75) is 116 Å². The molecule has 178 valence electrons. The topological polar surface area (TPSA) is 85.2 Å². The number of hydrogen-bond donors (Lipinski definition) is 2. The van der Waals surface area contributed by atoms with Crippen molar-refractivity contribution in [3.05, 3.63) is 0 Å². The van der Waals surface area contributed by atoms with Gasteiger partial charge < -0.3 is 14.9 Å². The Morgan fingerprint density at radius 2 is 1.84 bits per heavy atom. The summed E-state index contributed by atoms with van der Waals surface area (Å²) in [5.74, 6) is -1.14. The van der Waals surface area contributed by atoms with Crippen molar-refractivity contribution in [2.75, 3.05) is 0 Å². The van der Waals surface area contributed by atoms with Crippen LogP contribution in [0.25, 0.3) is 0 Å². The van der Waals surface area contributed by atoms with Gasteiger partial charge >= 0.3 is 5.97 Å². The van der Waals surface area contributed by atoms with E-state index in [-0.39, 0.29) is 31.3 Å². The predicted molar refractivity (Wildman–Crippen MR) is 116 cm³/mol. The Morgan fingerprint density at radius 3 is 2.52 bits per heavy atom. The first kappa shape index (κ1) is 23.5. The van der Waals surface area contributed by atoms with Crippen molar-refractivity contribution in [1.82, 2.24) is 0 Å². The maximum atomic E-state index is 11.9. The molecule has 6 aliphatic rings. The Hall–Kier alpha value is -0.690. The summed E-state index contributed by atoms with van der Waals surface area (Å²) in [7, 11) is 0. The van der Waals surface area contributed by atoms with Crippen molar-refractivity contribution in [3.63, 3.8) is 0 Å². The van der Waals surface area contributed by atoms with Crippen LogP contribution in [0.3, 0.4) is 0 Å². The van der Waals surface area contributed by atoms with Gasteiger partial charge in [0.15, 0.2) is 0 Å². The Kier molecular flexibility index (Phi) is 5.81. The van der Waals surface area contributed by atoms with Crippen LogP contribution in [0.15, 0.2) is 0 Å². The fourth-order valence-corrected chi connectivity index (χ4v) is 8.91. The molecule has 0 bridgehead atoms. The fourth-order valence-electron chi connectivity index (χ4n) is 8.91. The van der Waals surface area contributed by atoms with Crippen LogP contribution in [-0.4, -0.2) is 33.4 Å². The molecule has 9 atom stereocenters. The lowest BCUT2D eigenvalue weighted by atomic mass is 9.40. The number of fused-ring (bicyclic) bond motifs is 3. The first-order valence-electron chi connectivity index (χ1n) is 12.4. The van der Waals surface area contributed by atoms with E-state index in [2.05, 4.69) is 6.92 Å². The molecule has 6 rings (SSSR count). The summed E-state index contributed by atoms with van der Waals surface area (Å²) >= 11 is 0. The molecule has 31 heavy (non-hydrogen) atoms. The summed E-state index contributed by atoms with van der Waals surface area (Å²) in [4.78, 5) is 22.3. The van der Waals surface area contributed by atoms with Crippen LogP contribution in [0.1, 0.15) is 98.8 Å². The zero-order valence-corrected chi connectivity index (χ0v) is 18.7. The smallest absolute Gasteiger partial charge is 0.303 e. The number of aliphatic hydroxyl groups is 1. The molecule has 6 nitrogen and oxygen atoms in total. The van der Waals surface area contributed by atoms with E-state index in [1.54, 1.807) is 0 Å². The highest BCUT2D eigenvalue weighted by Crippen LogP contribution is 2.80. The second-order valence-corrected chi connectivity index (χ2v) is 10.6. The van der Waals surface area contributed by atoms with Crippen molar-refractivity contribution in [1.29, 1.82) is 0 Å². The van der Waals surface area contributed by atoms with Crippen molar-refractivity contribution >= 4 is 5.97 Å². The van der Waals surface area contributed by atoms with Gasteiger partial charge in [-0.25, -0.2) is 0 Å². The van der Waals surface area contributed by atoms with Gasteiger partial charge in [0, 0.05) is 11.8 Å². The van der Waals surface area contributed by atoms with E-state index in [4.69, 9.17) is 19.6 Å². The summed E-state index contributed by atoms with van der Waals surface area (Å²) in [6.45, 7) is 6.16. The largest absolute Gasteiger partial charge is 0.481 e. The maximum absolute atomic E-state index is 11.9. The van der Waals surface area contributed by atoms with E-state index in [1.807, 2.05) is 13.8 Å². The van der Waals surface area contributed by atoms with E-state index in [0.29, 0.717) is 24.2 Å². The van der Waals surface area contributed by atoms with Gasteiger partial charge in [-0.2, -0.15) is 9.78 Å². The molecule has 0 amide bonds. The molecule has 2 spiro atoms. The Morgan fingerprint density at radius 1 is 1.06 bits per heavy atom. The van der Waals surface area contributed by atoms with E-state index in [1.165, 1.54) is 32.1 Å². The van der Waals surface area contributed by atoms with Crippen LogP contribution in [-0.2, 0) is 19.3 Å². The van der Waals surface area contributed by atoms with Crippen molar-refractivity contribution in [2.24, 2.45) is 35.0 Å². The maximum Gasteiger partial charge on any atom is 0.303 e. The molecule has 2 saturated heterocycles. The molecule has 9 unspecified atom stereocenters. The monoisotopic (exact) mass is 438 g/mol. The molecule has 4 saturated carbocycles. The number of carboxylic acid groups (broad SMARTS) is 1. The number of hydrogen-bond acceptors (Lipinski definition) is 5. The summed E-state index contributed by atoms with van der Waals surface area (Å²) < 4.78 is 6.67. The van der Waals surface area contributed by atoms with Gasteiger partial charge in [-0.05, 0) is 75.0 Å². The molecular weight excluding hydrogens is 396 g/mol. The molecule has 2 N–H and O–H groups in total. The number of rotatable bonds is 4. The van der Waals surface area contributed by atoms with Crippen LogP contribution in [0, 0.1) is 35.0 Å². The summed E-state index contributed by atoms with van der Waals surface area (Å²) in [5, 5.41) is 20.9. The third-order valence-corrected chi connectivity index (χ3v) is 10.0.